The molecule has 2 aromatic heterocycles. The fourth-order valence-electron chi connectivity index (χ4n) is 4.43. The van der Waals surface area contributed by atoms with Gasteiger partial charge in [0.25, 0.3) is 0 Å². The molecule has 4 N–H and O–H groups in total. The highest BCUT2D eigenvalue weighted by molar-refractivity contribution is 6.03. The van der Waals surface area contributed by atoms with Crippen LogP contribution in [0.15, 0.2) is 53.3 Å². The fourth-order valence-corrected chi connectivity index (χ4v) is 4.43. The van der Waals surface area contributed by atoms with Crippen molar-refractivity contribution in [3.63, 3.8) is 0 Å². The van der Waals surface area contributed by atoms with E-state index in [2.05, 4.69) is 4.98 Å². The molecule has 8 heteroatoms. The summed E-state index contributed by atoms with van der Waals surface area (Å²) in [5.74, 6) is -1.06. The molecule has 2 aromatic carbocycles. The number of furan rings is 1. The van der Waals surface area contributed by atoms with E-state index < -0.39 is 11.6 Å². The highest BCUT2D eigenvalue weighted by Gasteiger charge is 2.26. The van der Waals surface area contributed by atoms with Crippen LogP contribution in [0.3, 0.4) is 0 Å². The highest BCUT2D eigenvalue weighted by Crippen LogP contribution is 2.38. The second-order valence-electron chi connectivity index (χ2n) is 8.11. The molecular formula is C25H22F2N4O2. The Kier molecular flexibility index (Phi) is 5.30. The fraction of sp³-hybridized carbons (Fsp3) is 0.200. The number of carbonyl (C=O) groups is 1. The van der Waals surface area contributed by atoms with Gasteiger partial charge in [0.15, 0.2) is 0 Å². The number of anilines is 2. The number of amides is 1. The zero-order chi connectivity index (χ0) is 23.1. The van der Waals surface area contributed by atoms with Crippen molar-refractivity contribution in [2.75, 3.05) is 23.7 Å². The molecule has 1 aliphatic heterocycles. The Morgan fingerprint density at radius 2 is 2.00 bits per heavy atom. The monoisotopic (exact) mass is 448 g/mol. The van der Waals surface area contributed by atoms with Gasteiger partial charge in [-0.1, -0.05) is 6.07 Å². The zero-order valence-corrected chi connectivity index (χ0v) is 17.8. The molecule has 0 saturated heterocycles. The van der Waals surface area contributed by atoms with Crippen LogP contribution in [0, 0.1) is 11.6 Å². The van der Waals surface area contributed by atoms with Gasteiger partial charge in [-0.25, -0.2) is 13.8 Å². The molecule has 1 amide bonds. The van der Waals surface area contributed by atoms with Gasteiger partial charge in [-0.2, -0.15) is 0 Å². The third-order valence-electron chi connectivity index (χ3n) is 6.05. The van der Waals surface area contributed by atoms with Crippen molar-refractivity contribution in [2.45, 2.75) is 19.3 Å². The lowest BCUT2D eigenvalue weighted by Gasteiger charge is -2.18. The van der Waals surface area contributed by atoms with Gasteiger partial charge < -0.3 is 20.8 Å². The first-order valence-corrected chi connectivity index (χ1v) is 10.7. The third kappa shape index (κ3) is 3.72. The summed E-state index contributed by atoms with van der Waals surface area (Å²) >= 11 is 0. The van der Waals surface area contributed by atoms with E-state index >= 15 is 0 Å². The quantitative estimate of drug-likeness (QED) is 0.481. The topological polar surface area (TPSA) is 98.4 Å². The standard InChI is InChI=1S/C25H22F2N4O2/c26-18-2-3-20(27)17(10-18)11-22(32)31-8-6-15-9-14(1-4-21(15)31)19-13-33-24-16(5-7-28)12-30-25(29)23(19)24/h1-4,9-10,12-13H,5-8,11,28H2,(H2,29,30). The number of nitrogens with zero attached hydrogens (tertiary/aromatic N) is 2. The number of hydrogen-bond donors (Lipinski definition) is 2. The summed E-state index contributed by atoms with van der Waals surface area (Å²) < 4.78 is 33.3. The molecule has 5 rings (SSSR count). The van der Waals surface area contributed by atoms with Gasteiger partial charge in [-0.15, -0.1) is 0 Å². The summed E-state index contributed by atoms with van der Waals surface area (Å²) in [7, 11) is 0. The number of halogens is 2. The van der Waals surface area contributed by atoms with Gasteiger partial charge in [0.05, 0.1) is 18.1 Å². The number of benzene rings is 2. The summed E-state index contributed by atoms with van der Waals surface area (Å²) in [5, 5.41) is 0.744. The van der Waals surface area contributed by atoms with Crippen molar-refractivity contribution >= 4 is 28.4 Å². The molecule has 4 aromatic rings. The Morgan fingerprint density at radius 1 is 1.15 bits per heavy atom. The number of hydrogen-bond acceptors (Lipinski definition) is 5. The van der Waals surface area contributed by atoms with Crippen LogP contribution in [-0.4, -0.2) is 24.0 Å². The van der Waals surface area contributed by atoms with Crippen LogP contribution in [0.4, 0.5) is 20.3 Å². The zero-order valence-electron chi connectivity index (χ0n) is 17.8. The molecule has 0 unspecified atom stereocenters. The van der Waals surface area contributed by atoms with Crippen LogP contribution in [0.2, 0.25) is 0 Å². The maximum Gasteiger partial charge on any atom is 0.231 e. The van der Waals surface area contributed by atoms with Crippen LogP contribution in [-0.2, 0) is 24.1 Å². The Labute approximate surface area is 188 Å². The molecular weight excluding hydrogens is 426 g/mol. The van der Waals surface area contributed by atoms with E-state index in [1.165, 1.54) is 0 Å². The first-order valence-electron chi connectivity index (χ1n) is 10.7. The van der Waals surface area contributed by atoms with Crippen molar-refractivity contribution in [1.82, 2.24) is 4.98 Å². The molecule has 0 radical (unpaired) electrons. The smallest absolute Gasteiger partial charge is 0.231 e. The lowest BCUT2D eigenvalue weighted by Crippen LogP contribution is -2.30. The van der Waals surface area contributed by atoms with Crippen molar-refractivity contribution in [3.8, 4) is 11.1 Å². The first kappa shape index (κ1) is 21.1. The number of fused-ring (bicyclic) bond motifs is 2. The Morgan fingerprint density at radius 3 is 2.82 bits per heavy atom. The van der Waals surface area contributed by atoms with E-state index in [0.717, 1.165) is 51.5 Å². The van der Waals surface area contributed by atoms with Crippen molar-refractivity contribution in [3.05, 3.63) is 77.2 Å². The molecule has 168 valence electrons. The predicted octanol–water partition coefficient (Wildman–Crippen LogP) is 3.99. The number of carbonyl (C=O) groups excluding carboxylic acids is 1. The molecule has 0 bridgehead atoms. The Bertz CT molecular complexity index is 1380. The number of pyridine rings is 1. The molecule has 6 nitrogen and oxygen atoms in total. The number of aromatic nitrogens is 1. The molecule has 0 spiro atoms. The minimum absolute atomic E-state index is 0.0474. The molecule has 1 aliphatic rings. The maximum atomic E-state index is 14.0. The molecule has 0 fully saturated rings. The lowest BCUT2D eigenvalue weighted by molar-refractivity contribution is -0.117. The third-order valence-corrected chi connectivity index (χ3v) is 6.05. The van der Waals surface area contributed by atoms with E-state index in [1.54, 1.807) is 17.4 Å². The number of nitrogens with two attached hydrogens (primary N) is 2. The minimum Gasteiger partial charge on any atom is -0.463 e. The molecule has 0 saturated carbocycles. The summed E-state index contributed by atoms with van der Waals surface area (Å²) in [6, 6.07) is 8.91. The van der Waals surface area contributed by atoms with E-state index in [9.17, 15) is 13.6 Å². The van der Waals surface area contributed by atoms with Gasteiger partial charge in [0, 0.05) is 35.1 Å². The average Bonchev–Trinajstić information content (AvgIpc) is 3.43. The Hall–Kier alpha value is -3.78. The molecule has 33 heavy (non-hydrogen) atoms. The predicted molar refractivity (Wildman–Crippen MR) is 123 cm³/mol. The van der Waals surface area contributed by atoms with Crippen LogP contribution < -0.4 is 16.4 Å². The summed E-state index contributed by atoms with van der Waals surface area (Å²) in [6.45, 7) is 0.948. The molecule has 0 atom stereocenters. The largest absolute Gasteiger partial charge is 0.463 e. The van der Waals surface area contributed by atoms with Gasteiger partial charge in [-0.05, 0) is 60.8 Å². The second kappa shape index (κ2) is 8.29. The number of nitrogen functional groups attached to an aromatic ring is 1. The lowest BCUT2D eigenvalue weighted by atomic mass is 10.00. The van der Waals surface area contributed by atoms with E-state index in [0.29, 0.717) is 37.3 Å². The summed E-state index contributed by atoms with van der Waals surface area (Å²) in [6.07, 6.45) is 4.43. The van der Waals surface area contributed by atoms with E-state index in [4.69, 9.17) is 15.9 Å². The summed E-state index contributed by atoms with van der Waals surface area (Å²) in [4.78, 5) is 18.8. The van der Waals surface area contributed by atoms with Gasteiger partial charge in [0.1, 0.15) is 23.0 Å². The van der Waals surface area contributed by atoms with Crippen molar-refractivity contribution in [1.29, 1.82) is 0 Å². The summed E-state index contributed by atoms with van der Waals surface area (Å²) in [5.41, 5.74) is 17.0. The first-order chi connectivity index (χ1) is 16.0. The normalized spacial score (nSPS) is 13.0. The van der Waals surface area contributed by atoms with Gasteiger partial charge in [-0.3, -0.25) is 4.79 Å². The van der Waals surface area contributed by atoms with Crippen LogP contribution in [0.1, 0.15) is 16.7 Å². The van der Waals surface area contributed by atoms with Crippen molar-refractivity contribution < 1.29 is 18.0 Å². The minimum atomic E-state index is -0.591. The van der Waals surface area contributed by atoms with Crippen molar-refractivity contribution in [2.24, 2.45) is 5.73 Å². The van der Waals surface area contributed by atoms with Gasteiger partial charge in [0.2, 0.25) is 5.91 Å². The van der Waals surface area contributed by atoms with Crippen LogP contribution in [0.5, 0.6) is 0 Å². The molecule has 3 heterocycles. The maximum absolute atomic E-state index is 14.0. The van der Waals surface area contributed by atoms with Gasteiger partial charge >= 0.3 is 0 Å². The average molecular weight is 448 g/mol. The van der Waals surface area contributed by atoms with E-state index in [-0.39, 0.29) is 17.9 Å². The number of rotatable bonds is 5. The molecule has 0 aliphatic carbocycles. The second-order valence-corrected chi connectivity index (χ2v) is 8.11. The SMILES string of the molecule is NCCc1cnc(N)c2c(-c3ccc4c(c3)CCN4C(=O)Cc3cc(F)ccc3F)coc12. The van der Waals surface area contributed by atoms with E-state index in [1.807, 2.05) is 18.2 Å². The van der Waals surface area contributed by atoms with Crippen LogP contribution in [0.25, 0.3) is 22.1 Å². The highest BCUT2D eigenvalue weighted by atomic mass is 19.1. The van der Waals surface area contributed by atoms with Crippen LogP contribution >= 0.6 is 0 Å². The Balaban J connectivity index is 1.46.